The van der Waals surface area contributed by atoms with E-state index in [1.165, 1.54) is 0 Å². The van der Waals surface area contributed by atoms with Crippen molar-refractivity contribution in [1.82, 2.24) is 24.3 Å². The van der Waals surface area contributed by atoms with E-state index in [1.54, 1.807) is 6.07 Å². The van der Waals surface area contributed by atoms with Gasteiger partial charge in [-0.15, -0.1) is 0 Å². The molecule has 230 valence electrons. The normalized spacial score (nSPS) is 14.9. The third kappa shape index (κ3) is 7.66. The number of ether oxygens (including phenoxy) is 1. The molecular weight excluding hydrogens is 554 g/mol. The van der Waals surface area contributed by atoms with Crippen molar-refractivity contribution < 1.29 is 14.6 Å². The van der Waals surface area contributed by atoms with Crippen LogP contribution in [0.25, 0.3) is 15.9 Å². The van der Waals surface area contributed by atoms with E-state index in [-0.39, 0.29) is 11.8 Å². The summed E-state index contributed by atoms with van der Waals surface area (Å²) in [5.74, 6) is 0.161. The van der Waals surface area contributed by atoms with Crippen LogP contribution in [0.1, 0.15) is 50.6 Å². The number of hydrogen-bond donors (Lipinski definition) is 2. The molecule has 2 aromatic heterocycles. The van der Waals surface area contributed by atoms with Crippen molar-refractivity contribution >= 4 is 22.8 Å². The van der Waals surface area contributed by atoms with Gasteiger partial charge in [-0.05, 0) is 70.4 Å². The molecule has 44 heavy (non-hydrogen) atoms. The van der Waals surface area contributed by atoms with Crippen LogP contribution in [-0.4, -0.2) is 68.0 Å². The summed E-state index contributed by atoms with van der Waals surface area (Å²) in [6, 6.07) is 19.5. The molecule has 1 saturated heterocycles. The van der Waals surface area contributed by atoms with Gasteiger partial charge in [-0.1, -0.05) is 36.4 Å². The van der Waals surface area contributed by atoms with Crippen LogP contribution in [0.4, 0.5) is 10.5 Å². The van der Waals surface area contributed by atoms with Crippen molar-refractivity contribution in [2.24, 2.45) is 4.99 Å². The zero-order valence-electron chi connectivity index (χ0n) is 26.0. The van der Waals surface area contributed by atoms with Gasteiger partial charge in [0, 0.05) is 31.9 Å². The summed E-state index contributed by atoms with van der Waals surface area (Å²) in [6.45, 7) is 18.8. The fraction of sp³-hybridized carbons (Fsp3) is 0.412. The van der Waals surface area contributed by atoms with E-state index in [1.807, 2.05) is 70.2 Å². The molecule has 1 amide bonds. The van der Waals surface area contributed by atoms with Gasteiger partial charge in [0.15, 0.2) is 5.69 Å². The fourth-order valence-electron chi connectivity index (χ4n) is 5.53. The summed E-state index contributed by atoms with van der Waals surface area (Å²) < 4.78 is 9.73. The predicted octanol–water partition coefficient (Wildman–Crippen LogP) is 5.39. The quantitative estimate of drug-likeness (QED) is 0.266. The lowest BCUT2D eigenvalue weighted by Gasteiger charge is -2.30. The Kier molecular flexibility index (Phi) is 9.35. The van der Waals surface area contributed by atoms with Crippen LogP contribution < -0.4 is 10.9 Å². The monoisotopic (exact) mass is 595 g/mol. The van der Waals surface area contributed by atoms with Crippen LogP contribution in [0.15, 0.2) is 65.7 Å². The molecule has 1 aliphatic rings. The lowest BCUT2D eigenvalue weighted by atomic mass is 10.1. The summed E-state index contributed by atoms with van der Waals surface area (Å²) in [6.07, 6.45) is 1.39. The first-order valence-corrected chi connectivity index (χ1v) is 15.1. The van der Waals surface area contributed by atoms with E-state index in [9.17, 15) is 9.90 Å². The van der Waals surface area contributed by atoms with E-state index < -0.39 is 11.7 Å². The molecule has 0 radical (unpaired) electrons. The third-order valence-electron chi connectivity index (χ3n) is 7.70. The Bertz CT molecular complexity index is 1720. The number of imidazole rings is 1. The molecule has 0 saturated carbocycles. The molecule has 5 rings (SSSR count). The number of aromatic nitrogens is 3. The molecular formula is C34H41N7O3. The Hall–Kier alpha value is -4.62. The van der Waals surface area contributed by atoms with Gasteiger partial charge in [-0.2, -0.15) is 0 Å². The number of aromatic hydroxyl groups is 1. The van der Waals surface area contributed by atoms with E-state index in [2.05, 4.69) is 41.3 Å². The van der Waals surface area contributed by atoms with Gasteiger partial charge < -0.3 is 29.2 Å². The minimum Gasteiger partial charge on any atom is -0.506 e. The molecule has 0 aliphatic carbocycles. The first-order valence-electron chi connectivity index (χ1n) is 15.1. The van der Waals surface area contributed by atoms with Gasteiger partial charge in [-0.25, -0.2) is 14.6 Å². The number of benzene rings is 2. The number of hydrogen-bond acceptors (Lipinski definition) is 6. The van der Waals surface area contributed by atoms with Gasteiger partial charge in [0.2, 0.25) is 5.62 Å². The summed E-state index contributed by atoms with van der Waals surface area (Å²) in [5, 5.41) is 13.5. The number of nitrogens with zero attached hydrogens (tertiary/aromatic N) is 6. The number of amides is 1. The van der Waals surface area contributed by atoms with E-state index in [0.717, 1.165) is 60.4 Å². The molecule has 10 nitrogen and oxygen atoms in total. The highest BCUT2D eigenvalue weighted by Crippen LogP contribution is 2.22. The second-order valence-corrected chi connectivity index (χ2v) is 12.3. The number of rotatable bonds is 8. The zero-order chi connectivity index (χ0) is 31.3. The average Bonchev–Trinajstić information content (AvgIpc) is 3.27. The number of nitrogens with one attached hydrogen (secondary N) is 1. The highest BCUT2D eigenvalue weighted by molar-refractivity contribution is 5.76. The van der Waals surface area contributed by atoms with Crippen LogP contribution in [0, 0.1) is 13.5 Å². The number of aryl methyl sites for hydroxylation is 1. The molecule has 0 atom stereocenters. The first-order chi connectivity index (χ1) is 21.1. The van der Waals surface area contributed by atoms with Crippen LogP contribution in [0.5, 0.6) is 5.75 Å². The van der Waals surface area contributed by atoms with Gasteiger partial charge >= 0.3 is 6.09 Å². The number of fused-ring (bicyclic) bond motifs is 1. The largest absolute Gasteiger partial charge is 0.506 e. The third-order valence-corrected chi connectivity index (χ3v) is 7.70. The first kappa shape index (κ1) is 30.8. The topological polar surface area (TPSA) is 101 Å². The van der Waals surface area contributed by atoms with Crippen LogP contribution in [-0.2, 0) is 17.8 Å². The number of carbonyl (C=O) groups is 1. The van der Waals surface area contributed by atoms with Gasteiger partial charge in [0.1, 0.15) is 17.0 Å². The molecule has 3 heterocycles. The van der Waals surface area contributed by atoms with E-state index in [0.29, 0.717) is 31.0 Å². The molecule has 4 aromatic rings. The Morgan fingerprint density at radius 2 is 1.70 bits per heavy atom. The highest BCUT2D eigenvalue weighted by atomic mass is 16.6. The Morgan fingerprint density at radius 3 is 2.34 bits per heavy atom. The minimum atomic E-state index is -0.515. The van der Waals surface area contributed by atoms with Crippen molar-refractivity contribution in [1.29, 1.82) is 0 Å². The standard InChI is InChI=1S/C34H41N7O3/c1-24-10-15-31(42)28(37-24)23-41-30-9-7-6-8-29(30)40(22-25-11-13-26(35-5)14-12-25)32(41)38-27-16-19-39(20-17-27)21-18-36-33(43)44-34(2,3)4/h6-15,27,42H,16-23H2,1-4H3,(H,36,43). The minimum absolute atomic E-state index is 0.114. The summed E-state index contributed by atoms with van der Waals surface area (Å²) >= 11 is 0. The lowest BCUT2D eigenvalue weighted by molar-refractivity contribution is 0.0520. The maximum absolute atomic E-state index is 12.0. The van der Waals surface area contributed by atoms with E-state index in [4.69, 9.17) is 16.3 Å². The van der Waals surface area contributed by atoms with Crippen molar-refractivity contribution in [3.8, 4) is 5.75 Å². The molecule has 0 unspecified atom stereocenters. The van der Waals surface area contributed by atoms with E-state index >= 15 is 0 Å². The zero-order valence-corrected chi connectivity index (χ0v) is 26.0. The van der Waals surface area contributed by atoms with Crippen molar-refractivity contribution in [2.75, 3.05) is 26.2 Å². The fourth-order valence-corrected chi connectivity index (χ4v) is 5.53. The van der Waals surface area contributed by atoms with Crippen LogP contribution >= 0.6 is 0 Å². The number of para-hydroxylation sites is 2. The molecule has 1 aliphatic heterocycles. The average molecular weight is 596 g/mol. The second-order valence-electron chi connectivity index (χ2n) is 12.3. The van der Waals surface area contributed by atoms with Gasteiger partial charge in [0.05, 0.1) is 36.7 Å². The number of likely N-dealkylation sites (tertiary alicyclic amines) is 1. The second kappa shape index (κ2) is 13.3. The number of carbonyl (C=O) groups excluding carboxylic acids is 1. The summed E-state index contributed by atoms with van der Waals surface area (Å²) in [5.41, 5.74) is 5.49. The SMILES string of the molecule is [C-]#[N+]c1ccc(Cn2c(=NC3CCN(CCNC(=O)OC(C)(C)C)CC3)n(Cc3nc(C)ccc3O)c3ccccc32)cc1. The maximum atomic E-state index is 12.0. The van der Waals surface area contributed by atoms with Crippen molar-refractivity contribution in [3.63, 3.8) is 0 Å². The molecule has 0 spiro atoms. The maximum Gasteiger partial charge on any atom is 0.407 e. The lowest BCUT2D eigenvalue weighted by Crippen LogP contribution is -2.42. The molecule has 2 N–H and O–H groups in total. The Morgan fingerprint density at radius 1 is 1.05 bits per heavy atom. The number of pyridine rings is 1. The molecule has 0 bridgehead atoms. The predicted molar refractivity (Wildman–Crippen MR) is 171 cm³/mol. The van der Waals surface area contributed by atoms with Gasteiger partial charge in [-0.3, -0.25) is 4.98 Å². The van der Waals surface area contributed by atoms with Crippen molar-refractivity contribution in [3.05, 3.63) is 94.7 Å². The highest BCUT2D eigenvalue weighted by Gasteiger charge is 2.22. The molecule has 1 fully saturated rings. The molecule has 10 heteroatoms. The Balaban J connectivity index is 1.43. The van der Waals surface area contributed by atoms with Crippen molar-refractivity contribution in [2.45, 2.75) is 65.3 Å². The smallest absolute Gasteiger partial charge is 0.407 e. The number of alkyl carbamates (subject to hydrolysis) is 1. The van der Waals surface area contributed by atoms with Crippen LogP contribution in [0.2, 0.25) is 0 Å². The number of piperidine rings is 1. The summed E-state index contributed by atoms with van der Waals surface area (Å²) in [7, 11) is 0. The van der Waals surface area contributed by atoms with Gasteiger partial charge in [0.25, 0.3) is 0 Å². The summed E-state index contributed by atoms with van der Waals surface area (Å²) in [4.78, 5) is 27.9. The van der Waals surface area contributed by atoms with Crippen LogP contribution in [0.3, 0.4) is 0 Å². The Labute approximate surface area is 258 Å². The molecule has 2 aromatic carbocycles.